The number of carbonyl (C=O) groups is 1. The topological polar surface area (TPSA) is 53.4 Å². The summed E-state index contributed by atoms with van der Waals surface area (Å²) in [4.78, 5) is 18.0. The second-order valence-corrected chi connectivity index (χ2v) is 4.40. The van der Waals surface area contributed by atoms with Gasteiger partial charge in [0.2, 0.25) is 0 Å². The standard InChI is InChI=1S/C14H22N2O2/c1-4-11(5-2)10-16(6-3)14(18)13-12(17)8-7-9-15-13/h7-9,11,17H,4-6,10H2,1-3H3. The van der Waals surface area contributed by atoms with Gasteiger partial charge in [0.15, 0.2) is 5.69 Å². The van der Waals surface area contributed by atoms with Crippen LogP contribution in [-0.4, -0.2) is 34.0 Å². The maximum Gasteiger partial charge on any atom is 0.276 e. The van der Waals surface area contributed by atoms with Crippen molar-refractivity contribution in [2.45, 2.75) is 33.6 Å². The highest BCUT2D eigenvalue weighted by molar-refractivity contribution is 5.94. The minimum Gasteiger partial charge on any atom is -0.505 e. The molecule has 1 aromatic heterocycles. The average Bonchev–Trinajstić information content (AvgIpc) is 2.40. The van der Waals surface area contributed by atoms with Crippen LogP contribution in [0.2, 0.25) is 0 Å². The minimum atomic E-state index is -0.192. The Kier molecular flexibility index (Phi) is 5.62. The van der Waals surface area contributed by atoms with Gasteiger partial charge in [-0.1, -0.05) is 26.7 Å². The quantitative estimate of drug-likeness (QED) is 0.844. The molecule has 4 heteroatoms. The average molecular weight is 250 g/mol. The Bertz CT molecular complexity index is 389. The third-order valence-corrected chi connectivity index (χ3v) is 3.29. The van der Waals surface area contributed by atoms with Crippen molar-refractivity contribution in [3.63, 3.8) is 0 Å². The minimum absolute atomic E-state index is 0.0505. The molecule has 0 saturated carbocycles. The number of hydrogen-bond acceptors (Lipinski definition) is 3. The molecular formula is C14H22N2O2. The number of amides is 1. The van der Waals surface area contributed by atoms with Crippen LogP contribution in [0.4, 0.5) is 0 Å². The van der Waals surface area contributed by atoms with Crippen molar-refractivity contribution in [2.24, 2.45) is 5.92 Å². The summed E-state index contributed by atoms with van der Waals surface area (Å²) in [7, 11) is 0. The Morgan fingerprint density at radius 1 is 1.39 bits per heavy atom. The lowest BCUT2D eigenvalue weighted by atomic mass is 10.0. The summed E-state index contributed by atoms with van der Waals surface area (Å²) in [5.74, 6) is 0.257. The second-order valence-electron chi connectivity index (χ2n) is 4.40. The van der Waals surface area contributed by atoms with Crippen molar-refractivity contribution in [2.75, 3.05) is 13.1 Å². The summed E-state index contributed by atoms with van der Waals surface area (Å²) in [6, 6.07) is 3.11. The van der Waals surface area contributed by atoms with Crippen molar-refractivity contribution < 1.29 is 9.90 Å². The first-order valence-corrected chi connectivity index (χ1v) is 6.57. The Morgan fingerprint density at radius 3 is 2.56 bits per heavy atom. The van der Waals surface area contributed by atoms with E-state index in [0.717, 1.165) is 19.4 Å². The zero-order valence-electron chi connectivity index (χ0n) is 11.4. The Hall–Kier alpha value is -1.58. The monoisotopic (exact) mass is 250 g/mol. The number of carbonyl (C=O) groups excluding carboxylic acids is 1. The van der Waals surface area contributed by atoms with Gasteiger partial charge in [-0.2, -0.15) is 0 Å². The highest BCUT2D eigenvalue weighted by Gasteiger charge is 2.20. The number of rotatable bonds is 6. The lowest BCUT2D eigenvalue weighted by Crippen LogP contribution is -2.35. The highest BCUT2D eigenvalue weighted by Crippen LogP contribution is 2.17. The summed E-state index contributed by atoms with van der Waals surface area (Å²) in [5.41, 5.74) is 0.144. The van der Waals surface area contributed by atoms with Gasteiger partial charge in [0.1, 0.15) is 5.75 Å². The van der Waals surface area contributed by atoms with Gasteiger partial charge >= 0.3 is 0 Å². The Balaban J connectivity index is 2.83. The second kappa shape index (κ2) is 6.99. The smallest absolute Gasteiger partial charge is 0.276 e. The van der Waals surface area contributed by atoms with E-state index in [2.05, 4.69) is 18.8 Å². The van der Waals surface area contributed by atoms with Gasteiger partial charge in [-0.15, -0.1) is 0 Å². The van der Waals surface area contributed by atoms with Gasteiger partial charge in [0.05, 0.1) is 0 Å². The normalized spacial score (nSPS) is 10.7. The van der Waals surface area contributed by atoms with E-state index in [1.165, 1.54) is 12.3 Å². The van der Waals surface area contributed by atoms with Gasteiger partial charge in [-0.25, -0.2) is 4.98 Å². The van der Waals surface area contributed by atoms with Crippen LogP contribution in [-0.2, 0) is 0 Å². The molecular weight excluding hydrogens is 228 g/mol. The lowest BCUT2D eigenvalue weighted by molar-refractivity contribution is 0.0725. The molecule has 0 fully saturated rings. The van der Waals surface area contributed by atoms with Crippen LogP contribution in [0.5, 0.6) is 5.75 Å². The number of nitrogens with zero attached hydrogens (tertiary/aromatic N) is 2. The largest absolute Gasteiger partial charge is 0.505 e. The molecule has 1 amide bonds. The number of pyridine rings is 1. The maximum absolute atomic E-state index is 12.3. The van der Waals surface area contributed by atoms with Gasteiger partial charge in [-0.3, -0.25) is 4.79 Å². The zero-order chi connectivity index (χ0) is 13.5. The van der Waals surface area contributed by atoms with Crippen LogP contribution in [0.1, 0.15) is 44.1 Å². The number of hydrogen-bond donors (Lipinski definition) is 1. The highest BCUT2D eigenvalue weighted by atomic mass is 16.3. The van der Waals surface area contributed by atoms with E-state index in [4.69, 9.17) is 0 Å². The molecule has 1 aromatic rings. The van der Waals surface area contributed by atoms with E-state index in [-0.39, 0.29) is 17.4 Å². The van der Waals surface area contributed by atoms with Crippen LogP contribution in [0.15, 0.2) is 18.3 Å². The zero-order valence-corrected chi connectivity index (χ0v) is 11.4. The van der Waals surface area contributed by atoms with E-state index in [1.807, 2.05) is 6.92 Å². The van der Waals surface area contributed by atoms with E-state index in [1.54, 1.807) is 11.0 Å². The fourth-order valence-electron chi connectivity index (χ4n) is 1.93. The van der Waals surface area contributed by atoms with Gasteiger partial charge in [-0.05, 0) is 25.0 Å². The first kappa shape index (κ1) is 14.5. The maximum atomic E-state index is 12.3. The van der Waals surface area contributed by atoms with Crippen LogP contribution in [0.25, 0.3) is 0 Å². The summed E-state index contributed by atoms with van der Waals surface area (Å²) in [6.07, 6.45) is 3.63. The van der Waals surface area contributed by atoms with Crippen molar-refractivity contribution >= 4 is 5.91 Å². The molecule has 0 atom stereocenters. The Labute approximate surface area is 109 Å². The molecule has 0 bridgehead atoms. The molecule has 0 aliphatic carbocycles. The van der Waals surface area contributed by atoms with Crippen molar-refractivity contribution in [1.82, 2.24) is 9.88 Å². The molecule has 4 nitrogen and oxygen atoms in total. The SMILES string of the molecule is CCC(CC)CN(CC)C(=O)c1ncccc1O. The molecule has 0 unspecified atom stereocenters. The molecule has 0 radical (unpaired) electrons. The Morgan fingerprint density at radius 2 is 2.06 bits per heavy atom. The van der Waals surface area contributed by atoms with E-state index in [9.17, 15) is 9.90 Å². The molecule has 100 valence electrons. The molecule has 0 spiro atoms. The van der Waals surface area contributed by atoms with Crippen LogP contribution in [0, 0.1) is 5.92 Å². The fraction of sp³-hybridized carbons (Fsp3) is 0.571. The van der Waals surface area contributed by atoms with Crippen LogP contribution < -0.4 is 0 Å². The molecule has 1 heterocycles. The van der Waals surface area contributed by atoms with Crippen LogP contribution in [0.3, 0.4) is 0 Å². The van der Waals surface area contributed by atoms with Crippen molar-refractivity contribution in [3.8, 4) is 5.75 Å². The third kappa shape index (κ3) is 3.45. The van der Waals surface area contributed by atoms with E-state index >= 15 is 0 Å². The van der Waals surface area contributed by atoms with E-state index < -0.39 is 0 Å². The third-order valence-electron chi connectivity index (χ3n) is 3.29. The van der Waals surface area contributed by atoms with Gasteiger partial charge < -0.3 is 10.0 Å². The molecule has 18 heavy (non-hydrogen) atoms. The lowest BCUT2D eigenvalue weighted by Gasteiger charge is -2.25. The molecule has 0 saturated heterocycles. The summed E-state index contributed by atoms with van der Waals surface area (Å²) in [5, 5.41) is 9.66. The summed E-state index contributed by atoms with van der Waals surface area (Å²) >= 11 is 0. The summed E-state index contributed by atoms with van der Waals surface area (Å²) in [6.45, 7) is 7.55. The van der Waals surface area contributed by atoms with Crippen molar-refractivity contribution in [3.05, 3.63) is 24.0 Å². The molecule has 0 aliphatic heterocycles. The predicted molar refractivity (Wildman–Crippen MR) is 71.6 cm³/mol. The van der Waals surface area contributed by atoms with Gasteiger partial charge in [0.25, 0.3) is 5.91 Å². The molecule has 1 N–H and O–H groups in total. The summed E-state index contributed by atoms with van der Waals surface area (Å²) < 4.78 is 0. The molecule has 0 aromatic carbocycles. The fourth-order valence-corrected chi connectivity index (χ4v) is 1.93. The molecule has 1 rings (SSSR count). The predicted octanol–water partition coefficient (Wildman–Crippen LogP) is 2.69. The first-order chi connectivity index (χ1) is 8.63. The molecule has 0 aliphatic rings. The number of aromatic hydroxyl groups is 1. The van der Waals surface area contributed by atoms with Crippen molar-refractivity contribution in [1.29, 1.82) is 0 Å². The van der Waals surface area contributed by atoms with E-state index in [0.29, 0.717) is 12.5 Å². The van der Waals surface area contributed by atoms with Crippen LogP contribution >= 0.6 is 0 Å². The first-order valence-electron chi connectivity index (χ1n) is 6.57. The van der Waals surface area contributed by atoms with Gasteiger partial charge in [0, 0.05) is 19.3 Å². The number of aromatic nitrogens is 1.